The normalized spacial score (nSPS) is 11.0. The van der Waals surface area contributed by atoms with Crippen LogP contribution < -0.4 is 11.1 Å². The number of methoxy groups -OCH3 is 1. The topological polar surface area (TPSA) is 90.6 Å². The molecule has 0 saturated heterocycles. The number of benzene rings is 1. The van der Waals surface area contributed by atoms with Crippen LogP contribution >= 0.6 is 12.4 Å². The molecule has 1 aromatic carbocycles. The Morgan fingerprint density at radius 3 is 2.50 bits per heavy atom. The van der Waals surface area contributed by atoms with E-state index in [1.165, 1.54) is 7.11 Å². The number of rotatable bonds is 8. The van der Waals surface area contributed by atoms with E-state index in [0.29, 0.717) is 13.0 Å². The molecule has 0 aliphatic rings. The van der Waals surface area contributed by atoms with Gasteiger partial charge in [-0.25, -0.2) is 9.59 Å². The summed E-state index contributed by atoms with van der Waals surface area (Å²) in [5, 5.41) is 2.52. The van der Waals surface area contributed by atoms with Crippen molar-refractivity contribution >= 4 is 24.5 Å². The summed E-state index contributed by atoms with van der Waals surface area (Å²) in [7, 11) is 1.29. The highest BCUT2D eigenvalue weighted by Gasteiger charge is 2.21. The molecule has 0 saturated carbocycles. The lowest BCUT2D eigenvalue weighted by Crippen LogP contribution is -2.41. The molecule has 0 fully saturated rings. The molecule has 0 spiro atoms. The average molecular weight is 331 g/mol. The van der Waals surface area contributed by atoms with Crippen molar-refractivity contribution < 1.29 is 19.1 Å². The number of alkyl carbamates (subject to hydrolysis) is 1. The largest absolute Gasteiger partial charge is 0.467 e. The number of hydrogen-bond acceptors (Lipinski definition) is 5. The van der Waals surface area contributed by atoms with E-state index in [1.807, 2.05) is 30.3 Å². The number of carbonyl (C=O) groups excluding carboxylic acids is 2. The van der Waals surface area contributed by atoms with Gasteiger partial charge in [-0.3, -0.25) is 0 Å². The van der Waals surface area contributed by atoms with Crippen LogP contribution in [0.1, 0.15) is 24.8 Å². The summed E-state index contributed by atoms with van der Waals surface area (Å²) >= 11 is 0. The maximum Gasteiger partial charge on any atom is 0.408 e. The summed E-state index contributed by atoms with van der Waals surface area (Å²) in [6.45, 7) is 0.704. The Balaban J connectivity index is 0.00000441. The molecule has 7 heteroatoms. The Morgan fingerprint density at radius 2 is 1.91 bits per heavy atom. The highest BCUT2D eigenvalue weighted by atomic mass is 35.5. The molecule has 6 nitrogen and oxygen atoms in total. The van der Waals surface area contributed by atoms with E-state index < -0.39 is 18.1 Å². The first-order valence-electron chi connectivity index (χ1n) is 6.92. The minimum atomic E-state index is -0.704. The van der Waals surface area contributed by atoms with Crippen molar-refractivity contribution in [2.75, 3.05) is 13.7 Å². The standard InChI is InChI=1S/C15H22N2O4.ClH/c1-20-14(18)13(9-5-6-10-16)17-15(19)21-11-12-7-3-2-4-8-12;/h2-4,7-8,13H,5-6,9-11,16H2,1H3,(H,17,19);1H/t13-;/m0./s1. The molecule has 3 N–H and O–H groups in total. The van der Waals surface area contributed by atoms with Crippen LogP contribution in [0.15, 0.2) is 30.3 Å². The summed E-state index contributed by atoms with van der Waals surface area (Å²) in [5.74, 6) is -0.483. The van der Waals surface area contributed by atoms with Crippen LogP contribution in [-0.2, 0) is 20.9 Å². The third kappa shape index (κ3) is 7.85. The Hall–Kier alpha value is -1.79. The number of halogens is 1. The zero-order valence-corrected chi connectivity index (χ0v) is 13.4. The van der Waals surface area contributed by atoms with Crippen molar-refractivity contribution in [3.63, 3.8) is 0 Å². The molecule has 0 aliphatic carbocycles. The van der Waals surface area contributed by atoms with Crippen molar-refractivity contribution in [1.82, 2.24) is 5.32 Å². The molecule has 22 heavy (non-hydrogen) atoms. The number of hydrogen-bond donors (Lipinski definition) is 2. The predicted octanol–water partition coefficient (Wildman–Crippen LogP) is 2.01. The van der Waals surface area contributed by atoms with Crippen molar-refractivity contribution in [3.8, 4) is 0 Å². The van der Waals surface area contributed by atoms with Gasteiger partial charge < -0.3 is 20.5 Å². The number of nitrogens with two attached hydrogens (primary N) is 1. The zero-order valence-electron chi connectivity index (χ0n) is 12.6. The molecule has 0 aliphatic heterocycles. The number of esters is 1. The fourth-order valence-electron chi connectivity index (χ4n) is 1.79. The van der Waals surface area contributed by atoms with E-state index in [1.54, 1.807) is 0 Å². The van der Waals surface area contributed by atoms with Gasteiger partial charge in [0.05, 0.1) is 7.11 Å². The Labute approximate surface area is 136 Å². The summed E-state index contributed by atoms with van der Waals surface area (Å²) < 4.78 is 9.74. The Bertz CT molecular complexity index is 442. The van der Waals surface area contributed by atoms with Gasteiger partial charge in [-0.1, -0.05) is 30.3 Å². The molecule has 124 valence electrons. The highest BCUT2D eigenvalue weighted by molar-refractivity contribution is 5.85. The molecular formula is C15H23ClN2O4. The fraction of sp³-hybridized carbons (Fsp3) is 0.467. The molecule has 0 bridgehead atoms. The van der Waals surface area contributed by atoms with E-state index in [0.717, 1.165) is 18.4 Å². The molecular weight excluding hydrogens is 308 g/mol. The molecule has 0 radical (unpaired) electrons. The van der Waals surface area contributed by atoms with Crippen molar-refractivity contribution in [3.05, 3.63) is 35.9 Å². The molecule has 1 rings (SSSR count). The SMILES string of the molecule is COC(=O)[C@H](CCCCN)NC(=O)OCc1ccccc1.Cl. The molecule has 1 amide bonds. The first-order valence-corrected chi connectivity index (χ1v) is 6.92. The van der Waals surface area contributed by atoms with Gasteiger partial charge >= 0.3 is 12.1 Å². The molecule has 0 heterocycles. The quantitative estimate of drug-likeness (QED) is 0.562. The van der Waals surface area contributed by atoms with Crippen molar-refractivity contribution in [2.45, 2.75) is 31.9 Å². The lowest BCUT2D eigenvalue weighted by molar-refractivity contribution is -0.143. The van der Waals surface area contributed by atoms with E-state index >= 15 is 0 Å². The molecule has 0 aromatic heterocycles. The number of nitrogens with one attached hydrogen (secondary N) is 1. The monoisotopic (exact) mass is 330 g/mol. The third-order valence-electron chi connectivity index (χ3n) is 2.94. The number of ether oxygens (including phenoxy) is 2. The van der Waals surface area contributed by atoms with Crippen LogP contribution in [0.3, 0.4) is 0 Å². The zero-order chi connectivity index (χ0) is 15.5. The summed E-state index contributed by atoms with van der Waals surface area (Å²) in [6, 6.07) is 8.61. The van der Waals surface area contributed by atoms with Gasteiger partial charge in [-0.05, 0) is 31.4 Å². The second kappa shape index (κ2) is 11.8. The second-order valence-electron chi connectivity index (χ2n) is 4.57. The van der Waals surface area contributed by atoms with Gasteiger partial charge in [0.25, 0.3) is 0 Å². The van der Waals surface area contributed by atoms with Crippen LogP contribution in [0.4, 0.5) is 4.79 Å². The van der Waals surface area contributed by atoms with Crippen LogP contribution in [0.5, 0.6) is 0 Å². The van der Waals surface area contributed by atoms with Gasteiger partial charge in [0.1, 0.15) is 12.6 Å². The Morgan fingerprint density at radius 1 is 1.23 bits per heavy atom. The van der Waals surface area contributed by atoms with Crippen LogP contribution in [0.2, 0.25) is 0 Å². The minimum absolute atomic E-state index is 0. The van der Waals surface area contributed by atoms with E-state index in [4.69, 9.17) is 10.5 Å². The first kappa shape index (κ1) is 20.2. The maximum absolute atomic E-state index is 11.7. The number of carbonyl (C=O) groups is 2. The molecule has 0 unspecified atom stereocenters. The summed E-state index contributed by atoms with van der Waals surface area (Å²) in [6.07, 6.45) is 1.36. The third-order valence-corrected chi connectivity index (χ3v) is 2.94. The lowest BCUT2D eigenvalue weighted by atomic mass is 10.1. The van der Waals surface area contributed by atoms with Crippen LogP contribution in [0, 0.1) is 0 Å². The summed E-state index contributed by atoms with van der Waals surface area (Å²) in [5.41, 5.74) is 6.29. The van der Waals surface area contributed by atoms with Gasteiger partial charge in [0, 0.05) is 0 Å². The van der Waals surface area contributed by atoms with Gasteiger partial charge in [0.2, 0.25) is 0 Å². The average Bonchev–Trinajstić information content (AvgIpc) is 2.52. The van der Waals surface area contributed by atoms with Crippen LogP contribution in [-0.4, -0.2) is 31.8 Å². The Kier molecular flexibility index (Phi) is 10.9. The summed E-state index contributed by atoms with van der Waals surface area (Å²) in [4.78, 5) is 23.3. The second-order valence-corrected chi connectivity index (χ2v) is 4.57. The van der Waals surface area contributed by atoms with Gasteiger partial charge in [-0.2, -0.15) is 0 Å². The number of unbranched alkanes of at least 4 members (excludes halogenated alkanes) is 1. The maximum atomic E-state index is 11.7. The smallest absolute Gasteiger partial charge is 0.408 e. The number of amides is 1. The van der Waals surface area contributed by atoms with Gasteiger partial charge in [-0.15, -0.1) is 12.4 Å². The molecule has 1 aromatic rings. The lowest BCUT2D eigenvalue weighted by Gasteiger charge is -2.16. The first-order chi connectivity index (χ1) is 10.2. The van der Waals surface area contributed by atoms with Crippen LogP contribution in [0.25, 0.3) is 0 Å². The highest BCUT2D eigenvalue weighted by Crippen LogP contribution is 2.04. The van der Waals surface area contributed by atoms with Crippen molar-refractivity contribution in [2.24, 2.45) is 5.73 Å². The van der Waals surface area contributed by atoms with E-state index in [-0.39, 0.29) is 19.0 Å². The van der Waals surface area contributed by atoms with Gasteiger partial charge in [0.15, 0.2) is 0 Å². The predicted molar refractivity (Wildman–Crippen MR) is 85.7 cm³/mol. The van der Waals surface area contributed by atoms with E-state index in [2.05, 4.69) is 10.1 Å². The minimum Gasteiger partial charge on any atom is -0.467 e. The van der Waals surface area contributed by atoms with E-state index in [9.17, 15) is 9.59 Å². The van der Waals surface area contributed by atoms with Crippen molar-refractivity contribution in [1.29, 1.82) is 0 Å². The molecule has 1 atom stereocenters. The fourth-order valence-corrected chi connectivity index (χ4v) is 1.79.